The smallest absolute Gasteiger partial charge is 0.440 e. The number of alkyl halides is 3. The monoisotopic (exact) mass is 655 g/mol. The van der Waals surface area contributed by atoms with Gasteiger partial charge in [0.2, 0.25) is 0 Å². The van der Waals surface area contributed by atoms with Crippen LogP contribution >= 0.6 is 0 Å². The summed E-state index contributed by atoms with van der Waals surface area (Å²) in [6, 6.07) is 16.5. The van der Waals surface area contributed by atoms with Gasteiger partial charge in [-0.2, -0.15) is 13.2 Å². The molecule has 0 unspecified atom stereocenters. The van der Waals surface area contributed by atoms with Crippen LogP contribution < -0.4 is 10.6 Å². The molecular formula is C38H52F3N3O3. The molecule has 0 bridgehead atoms. The molecule has 9 heteroatoms. The molecule has 2 aromatic carbocycles. The molecule has 2 aromatic rings. The van der Waals surface area contributed by atoms with Crippen LogP contribution in [0, 0.1) is 5.92 Å². The summed E-state index contributed by atoms with van der Waals surface area (Å²) in [6.45, 7) is 2.75. The fourth-order valence-electron chi connectivity index (χ4n) is 8.39. The molecule has 3 saturated carbocycles. The van der Waals surface area contributed by atoms with E-state index in [1.165, 1.54) is 77.2 Å². The summed E-state index contributed by atoms with van der Waals surface area (Å²) in [4.78, 5) is 28.6. The zero-order chi connectivity index (χ0) is 33.3. The Kier molecular flexibility index (Phi) is 12.3. The number of esters is 1. The summed E-state index contributed by atoms with van der Waals surface area (Å²) in [5.74, 6) is -1.68. The van der Waals surface area contributed by atoms with Crippen LogP contribution in [0.15, 0.2) is 60.7 Å². The maximum atomic E-state index is 13.6. The van der Waals surface area contributed by atoms with E-state index in [0.717, 1.165) is 37.8 Å². The molecule has 2 N–H and O–H groups in total. The molecule has 258 valence electrons. The molecule has 6 nitrogen and oxygen atoms in total. The van der Waals surface area contributed by atoms with Crippen LogP contribution in [0.5, 0.6) is 0 Å². The van der Waals surface area contributed by atoms with Crippen molar-refractivity contribution in [2.75, 3.05) is 6.54 Å². The number of benzene rings is 2. The van der Waals surface area contributed by atoms with E-state index in [2.05, 4.69) is 15.5 Å². The van der Waals surface area contributed by atoms with Crippen LogP contribution in [0.2, 0.25) is 0 Å². The van der Waals surface area contributed by atoms with Crippen molar-refractivity contribution in [3.8, 4) is 0 Å². The fraction of sp³-hybridized carbons (Fsp3) is 0.632. The van der Waals surface area contributed by atoms with Gasteiger partial charge >= 0.3 is 18.2 Å². The summed E-state index contributed by atoms with van der Waals surface area (Å²) in [5, 5.41) is 5.92. The number of nitrogens with zero attached hydrogens (tertiary/aromatic N) is 1. The number of amides is 2. The first-order chi connectivity index (χ1) is 22.7. The third kappa shape index (κ3) is 9.09. The highest BCUT2D eigenvalue weighted by Crippen LogP contribution is 2.39. The molecule has 47 heavy (non-hydrogen) atoms. The zero-order valence-corrected chi connectivity index (χ0v) is 27.8. The first-order valence-electron chi connectivity index (χ1n) is 17.9. The third-order valence-electron chi connectivity index (χ3n) is 10.9. The number of rotatable bonds is 11. The molecule has 3 aliphatic carbocycles. The van der Waals surface area contributed by atoms with Crippen LogP contribution in [0.4, 0.5) is 18.0 Å². The lowest BCUT2D eigenvalue weighted by Gasteiger charge is -2.42. The van der Waals surface area contributed by atoms with E-state index in [-0.39, 0.29) is 6.04 Å². The summed E-state index contributed by atoms with van der Waals surface area (Å²) < 4.78 is 46.1. The Balaban J connectivity index is 1.20. The van der Waals surface area contributed by atoms with Crippen molar-refractivity contribution in [1.82, 2.24) is 15.5 Å². The van der Waals surface area contributed by atoms with Crippen molar-refractivity contribution >= 4 is 12.0 Å². The highest BCUT2D eigenvalue weighted by Gasteiger charge is 2.51. The predicted octanol–water partition coefficient (Wildman–Crippen LogP) is 8.64. The second-order valence-electron chi connectivity index (χ2n) is 14.0. The standard InChI is InChI=1S/C38H52F3N3O3/c1-28(37(30-14-6-2-7-15-30,31-16-8-3-9-17-31)47-35(45)38(39,40)41)42-36(46)43-32-24-22-29(23-25-32)26-27-44(33-18-10-4-11-19-33)34-20-12-5-13-21-34/h2-3,6-9,14-17,28-29,32-34H,4-5,10-13,18-27H2,1H3,(H2,42,43,46)/t28-,29?,32?/m0/s1. The van der Waals surface area contributed by atoms with E-state index >= 15 is 0 Å². The average Bonchev–Trinajstić information content (AvgIpc) is 3.09. The molecule has 5 rings (SSSR count). The summed E-state index contributed by atoms with van der Waals surface area (Å²) >= 11 is 0. The van der Waals surface area contributed by atoms with E-state index in [4.69, 9.17) is 4.74 Å². The largest absolute Gasteiger partial charge is 0.490 e. The minimum absolute atomic E-state index is 0.0215. The van der Waals surface area contributed by atoms with Gasteiger partial charge in [-0.3, -0.25) is 4.90 Å². The van der Waals surface area contributed by atoms with Crippen LogP contribution in [0.25, 0.3) is 0 Å². The van der Waals surface area contributed by atoms with Crippen molar-refractivity contribution in [2.24, 2.45) is 5.92 Å². The summed E-state index contributed by atoms with van der Waals surface area (Å²) in [7, 11) is 0. The van der Waals surface area contributed by atoms with Crippen LogP contribution in [0.1, 0.15) is 114 Å². The number of hydrogen-bond donors (Lipinski definition) is 2. The number of ether oxygens (including phenoxy) is 1. The van der Waals surface area contributed by atoms with E-state index in [0.29, 0.717) is 17.0 Å². The van der Waals surface area contributed by atoms with Crippen LogP contribution in [-0.4, -0.2) is 53.8 Å². The normalized spacial score (nSPS) is 22.4. The van der Waals surface area contributed by atoms with E-state index in [9.17, 15) is 22.8 Å². The topological polar surface area (TPSA) is 70.7 Å². The minimum atomic E-state index is -5.21. The number of carbonyl (C=O) groups excluding carboxylic acids is 2. The van der Waals surface area contributed by atoms with Gasteiger partial charge in [-0.15, -0.1) is 0 Å². The van der Waals surface area contributed by atoms with Crippen molar-refractivity contribution in [3.05, 3.63) is 71.8 Å². The second-order valence-corrected chi connectivity index (χ2v) is 14.0. The lowest BCUT2D eigenvalue weighted by atomic mass is 9.80. The number of hydrogen-bond acceptors (Lipinski definition) is 4. The molecule has 0 heterocycles. The Morgan fingerprint density at radius 3 is 1.72 bits per heavy atom. The zero-order valence-electron chi connectivity index (χ0n) is 27.8. The number of nitrogens with one attached hydrogen (secondary N) is 2. The molecule has 0 aromatic heterocycles. The molecule has 0 aliphatic heterocycles. The summed E-state index contributed by atoms with van der Waals surface area (Å²) in [5.41, 5.74) is -1.26. The quantitative estimate of drug-likeness (QED) is 0.238. The maximum absolute atomic E-state index is 13.6. The molecule has 1 atom stereocenters. The van der Waals surface area contributed by atoms with Gasteiger partial charge in [-0.25, -0.2) is 9.59 Å². The Bertz CT molecular complexity index is 1200. The predicted molar refractivity (Wildman–Crippen MR) is 178 cm³/mol. The second kappa shape index (κ2) is 16.4. The molecule has 2 amide bonds. The van der Waals surface area contributed by atoms with Gasteiger partial charge in [-0.1, -0.05) is 99.2 Å². The lowest BCUT2D eigenvalue weighted by Crippen LogP contribution is -2.56. The third-order valence-corrected chi connectivity index (χ3v) is 10.9. The van der Waals surface area contributed by atoms with Crippen LogP contribution in [-0.2, 0) is 15.1 Å². The van der Waals surface area contributed by atoms with Crippen molar-refractivity contribution in [1.29, 1.82) is 0 Å². The molecule has 3 fully saturated rings. The fourth-order valence-corrected chi connectivity index (χ4v) is 8.39. The van der Waals surface area contributed by atoms with Gasteiger partial charge in [-0.05, 0) is 77.2 Å². The molecule has 0 radical (unpaired) electrons. The number of urea groups is 1. The SMILES string of the molecule is C[C@H](NC(=O)NC1CCC(CCN(C2CCCCC2)C2CCCCC2)CC1)C(OC(=O)C(F)(F)F)(c1ccccc1)c1ccccc1. The molecular weight excluding hydrogens is 603 g/mol. The van der Waals surface area contributed by atoms with Crippen LogP contribution in [0.3, 0.4) is 0 Å². The van der Waals surface area contributed by atoms with Gasteiger partial charge in [0.1, 0.15) is 0 Å². The average molecular weight is 656 g/mol. The van der Waals surface area contributed by atoms with Gasteiger partial charge in [0, 0.05) is 29.3 Å². The van der Waals surface area contributed by atoms with E-state index in [1.807, 2.05) is 0 Å². The Morgan fingerprint density at radius 2 is 1.26 bits per heavy atom. The number of carbonyl (C=O) groups is 2. The first-order valence-corrected chi connectivity index (χ1v) is 17.9. The van der Waals surface area contributed by atoms with Gasteiger partial charge < -0.3 is 15.4 Å². The highest BCUT2D eigenvalue weighted by atomic mass is 19.4. The van der Waals surface area contributed by atoms with Crippen molar-refractivity contribution in [2.45, 2.75) is 139 Å². The lowest BCUT2D eigenvalue weighted by molar-refractivity contribution is -0.213. The van der Waals surface area contributed by atoms with E-state index < -0.39 is 29.8 Å². The van der Waals surface area contributed by atoms with Crippen molar-refractivity contribution < 1.29 is 27.5 Å². The van der Waals surface area contributed by atoms with Gasteiger partial charge in [0.05, 0.1) is 6.04 Å². The maximum Gasteiger partial charge on any atom is 0.490 e. The van der Waals surface area contributed by atoms with Gasteiger partial charge in [0.15, 0.2) is 5.60 Å². The highest BCUT2D eigenvalue weighted by molar-refractivity contribution is 5.78. The minimum Gasteiger partial charge on any atom is -0.440 e. The molecule has 3 aliphatic rings. The van der Waals surface area contributed by atoms with E-state index in [1.54, 1.807) is 67.6 Å². The Hall–Kier alpha value is -3.07. The first kappa shape index (κ1) is 35.2. The van der Waals surface area contributed by atoms with Crippen molar-refractivity contribution in [3.63, 3.8) is 0 Å². The Morgan fingerprint density at radius 1 is 0.766 bits per heavy atom. The Labute approximate surface area is 278 Å². The molecule has 0 spiro atoms. The summed E-state index contributed by atoms with van der Waals surface area (Å²) in [6.07, 6.45) is 13.3. The number of halogens is 3. The van der Waals surface area contributed by atoms with Gasteiger partial charge in [0.25, 0.3) is 0 Å². The molecule has 0 saturated heterocycles.